The number of nitrogens with one attached hydrogen (secondary N) is 1. The molecular weight excluding hydrogens is 324 g/mol. The van der Waals surface area contributed by atoms with Gasteiger partial charge in [0.1, 0.15) is 5.75 Å². The van der Waals surface area contributed by atoms with Gasteiger partial charge in [-0.05, 0) is 56.0 Å². The highest BCUT2D eigenvalue weighted by molar-refractivity contribution is 5.93. The molecule has 0 aromatic heterocycles. The maximum Gasteiger partial charge on any atom is 0.238 e. The molecule has 1 saturated heterocycles. The third kappa shape index (κ3) is 4.85. The molecule has 26 heavy (non-hydrogen) atoms. The number of benzene rings is 2. The molecule has 0 bridgehead atoms. The van der Waals surface area contributed by atoms with Crippen LogP contribution < -0.4 is 10.1 Å². The molecule has 1 fully saturated rings. The van der Waals surface area contributed by atoms with Crippen LogP contribution in [-0.2, 0) is 11.2 Å². The Bertz CT molecular complexity index is 730. The summed E-state index contributed by atoms with van der Waals surface area (Å²) in [5.41, 5.74) is 3.18. The highest BCUT2D eigenvalue weighted by atomic mass is 16.5. The number of carbonyl (C=O) groups excluding carboxylic acids is 1. The van der Waals surface area contributed by atoms with Crippen molar-refractivity contribution in [3.63, 3.8) is 0 Å². The molecule has 2 aromatic rings. The van der Waals surface area contributed by atoms with Gasteiger partial charge >= 0.3 is 0 Å². The third-order valence-electron chi connectivity index (χ3n) is 5.04. The topological polar surface area (TPSA) is 41.6 Å². The Morgan fingerprint density at radius 2 is 2.00 bits per heavy atom. The van der Waals surface area contributed by atoms with Crippen LogP contribution in [0, 0.1) is 6.92 Å². The molecule has 0 saturated carbocycles. The first-order chi connectivity index (χ1) is 12.7. The number of ether oxygens (including phenoxy) is 1. The van der Waals surface area contributed by atoms with E-state index >= 15 is 0 Å². The molecule has 1 amide bonds. The molecule has 1 aliphatic rings. The second-order valence-corrected chi connectivity index (χ2v) is 7.06. The van der Waals surface area contributed by atoms with Crippen LogP contribution in [0.15, 0.2) is 48.5 Å². The zero-order chi connectivity index (χ0) is 18.4. The van der Waals surface area contributed by atoms with Gasteiger partial charge in [0.25, 0.3) is 0 Å². The number of hydrogen-bond donors (Lipinski definition) is 1. The minimum absolute atomic E-state index is 0.0221. The molecule has 4 heteroatoms. The maximum atomic E-state index is 12.6. The smallest absolute Gasteiger partial charge is 0.238 e. The summed E-state index contributed by atoms with van der Waals surface area (Å²) in [6.45, 7) is 3.42. The van der Waals surface area contributed by atoms with E-state index < -0.39 is 0 Å². The zero-order valence-corrected chi connectivity index (χ0v) is 15.7. The maximum absolute atomic E-state index is 12.6. The van der Waals surface area contributed by atoms with Crippen molar-refractivity contribution in [3.8, 4) is 5.75 Å². The van der Waals surface area contributed by atoms with E-state index in [0.717, 1.165) is 37.1 Å². The van der Waals surface area contributed by atoms with Crippen LogP contribution >= 0.6 is 0 Å². The molecule has 1 N–H and O–H groups in total. The number of rotatable bonds is 6. The Morgan fingerprint density at radius 3 is 2.77 bits per heavy atom. The molecule has 1 atom stereocenters. The van der Waals surface area contributed by atoms with Crippen molar-refractivity contribution in [2.75, 3.05) is 25.5 Å². The predicted octanol–water partition coefficient (Wildman–Crippen LogP) is 4.04. The molecule has 1 heterocycles. The molecule has 1 aliphatic heterocycles. The second-order valence-electron chi connectivity index (χ2n) is 7.06. The molecule has 138 valence electrons. The largest absolute Gasteiger partial charge is 0.495 e. The van der Waals surface area contributed by atoms with Gasteiger partial charge in [-0.25, -0.2) is 0 Å². The Balaban J connectivity index is 1.64. The van der Waals surface area contributed by atoms with E-state index in [4.69, 9.17) is 4.74 Å². The predicted molar refractivity (Wildman–Crippen MR) is 106 cm³/mol. The number of carbonyl (C=O) groups is 1. The van der Waals surface area contributed by atoms with E-state index in [-0.39, 0.29) is 5.91 Å². The average molecular weight is 352 g/mol. The number of anilines is 1. The lowest BCUT2D eigenvalue weighted by Crippen LogP contribution is -2.45. The van der Waals surface area contributed by atoms with Crippen LogP contribution in [0.2, 0.25) is 0 Å². The van der Waals surface area contributed by atoms with Gasteiger partial charge in [-0.1, -0.05) is 42.8 Å². The highest BCUT2D eigenvalue weighted by Gasteiger charge is 2.24. The van der Waals surface area contributed by atoms with Crippen LogP contribution in [0.3, 0.4) is 0 Å². The van der Waals surface area contributed by atoms with Crippen molar-refractivity contribution in [1.29, 1.82) is 0 Å². The molecule has 0 aliphatic carbocycles. The zero-order valence-electron chi connectivity index (χ0n) is 15.7. The minimum atomic E-state index is 0.0221. The number of piperidine rings is 1. The van der Waals surface area contributed by atoms with E-state index in [9.17, 15) is 4.79 Å². The van der Waals surface area contributed by atoms with Crippen LogP contribution in [0.25, 0.3) is 0 Å². The summed E-state index contributed by atoms with van der Waals surface area (Å²) in [4.78, 5) is 15.0. The SMILES string of the molecule is COc1ccc(C)cc1NC(=O)CN1CCCCC1Cc1ccccc1. The lowest BCUT2D eigenvalue weighted by Gasteiger charge is -2.35. The molecule has 4 nitrogen and oxygen atoms in total. The monoisotopic (exact) mass is 352 g/mol. The van der Waals surface area contributed by atoms with E-state index in [2.05, 4.69) is 34.5 Å². The number of nitrogens with zero attached hydrogens (tertiary/aromatic N) is 1. The molecule has 3 rings (SSSR count). The number of likely N-dealkylation sites (tertiary alicyclic amines) is 1. The van der Waals surface area contributed by atoms with Crippen molar-refractivity contribution in [2.24, 2.45) is 0 Å². The summed E-state index contributed by atoms with van der Waals surface area (Å²) in [6.07, 6.45) is 4.55. The van der Waals surface area contributed by atoms with E-state index in [1.165, 1.54) is 12.0 Å². The van der Waals surface area contributed by atoms with Crippen LogP contribution in [-0.4, -0.2) is 37.0 Å². The van der Waals surface area contributed by atoms with E-state index in [0.29, 0.717) is 18.3 Å². The third-order valence-corrected chi connectivity index (χ3v) is 5.04. The summed E-state index contributed by atoms with van der Waals surface area (Å²) >= 11 is 0. The van der Waals surface area contributed by atoms with Gasteiger partial charge in [-0.2, -0.15) is 0 Å². The number of methoxy groups -OCH3 is 1. The first-order valence-corrected chi connectivity index (χ1v) is 9.38. The standard InChI is InChI=1S/C22H28N2O2/c1-17-11-12-21(26-2)20(14-17)23-22(25)16-24-13-7-6-10-19(24)15-18-8-4-3-5-9-18/h3-5,8-9,11-12,14,19H,6-7,10,13,15-16H2,1-2H3,(H,23,25). The second kappa shape index (κ2) is 8.86. The van der Waals surface area contributed by atoms with Crippen molar-refractivity contribution >= 4 is 11.6 Å². The lowest BCUT2D eigenvalue weighted by atomic mass is 9.95. The first-order valence-electron chi connectivity index (χ1n) is 9.38. The van der Waals surface area contributed by atoms with Crippen molar-refractivity contribution in [3.05, 3.63) is 59.7 Å². The van der Waals surface area contributed by atoms with Gasteiger partial charge in [-0.15, -0.1) is 0 Å². The number of aryl methyl sites for hydroxylation is 1. The summed E-state index contributed by atoms with van der Waals surface area (Å²) in [5, 5.41) is 3.03. The van der Waals surface area contributed by atoms with Gasteiger partial charge in [0, 0.05) is 6.04 Å². The molecule has 0 spiro atoms. The van der Waals surface area contributed by atoms with Crippen molar-refractivity contribution < 1.29 is 9.53 Å². The van der Waals surface area contributed by atoms with Crippen LogP contribution in [0.5, 0.6) is 5.75 Å². The van der Waals surface area contributed by atoms with Gasteiger partial charge in [-0.3, -0.25) is 9.69 Å². The van der Waals surface area contributed by atoms with E-state index in [1.807, 2.05) is 31.2 Å². The fourth-order valence-corrected chi connectivity index (χ4v) is 3.68. The fourth-order valence-electron chi connectivity index (χ4n) is 3.68. The Kier molecular flexibility index (Phi) is 6.29. The van der Waals surface area contributed by atoms with Crippen LogP contribution in [0.1, 0.15) is 30.4 Å². The Labute approximate surface area is 156 Å². The molecule has 0 radical (unpaired) electrons. The lowest BCUT2D eigenvalue weighted by molar-refractivity contribution is -0.118. The van der Waals surface area contributed by atoms with Gasteiger partial charge in [0.2, 0.25) is 5.91 Å². The minimum Gasteiger partial charge on any atom is -0.495 e. The van der Waals surface area contributed by atoms with Crippen molar-refractivity contribution in [2.45, 2.75) is 38.6 Å². The number of amides is 1. The molecule has 2 aromatic carbocycles. The van der Waals surface area contributed by atoms with Crippen molar-refractivity contribution in [1.82, 2.24) is 4.90 Å². The molecule has 1 unspecified atom stereocenters. The van der Waals surface area contributed by atoms with Gasteiger partial charge in [0.15, 0.2) is 0 Å². The fraction of sp³-hybridized carbons (Fsp3) is 0.409. The highest BCUT2D eigenvalue weighted by Crippen LogP contribution is 2.26. The first kappa shape index (κ1) is 18.5. The average Bonchev–Trinajstić information content (AvgIpc) is 2.64. The quantitative estimate of drug-likeness (QED) is 0.853. The van der Waals surface area contributed by atoms with Gasteiger partial charge < -0.3 is 10.1 Å². The molecular formula is C22H28N2O2. The summed E-state index contributed by atoms with van der Waals surface area (Å²) in [7, 11) is 1.63. The summed E-state index contributed by atoms with van der Waals surface area (Å²) < 4.78 is 5.36. The Morgan fingerprint density at radius 1 is 1.19 bits per heavy atom. The van der Waals surface area contributed by atoms with E-state index in [1.54, 1.807) is 7.11 Å². The summed E-state index contributed by atoms with van der Waals surface area (Å²) in [6, 6.07) is 16.8. The van der Waals surface area contributed by atoms with Crippen LogP contribution in [0.4, 0.5) is 5.69 Å². The number of hydrogen-bond acceptors (Lipinski definition) is 3. The normalized spacial score (nSPS) is 17.7. The summed E-state index contributed by atoms with van der Waals surface area (Å²) in [5.74, 6) is 0.720. The van der Waals surface area contributed by atoms with Gasteiger partial charge in [0.05, 0.1) is 19.3 Å². The Hall–Kier alpha value is -2.33.